The number of para-hydroxylation sites is 2. The van der Waals surface area contributed by atoms with E-state index in [1.165, 1.54) is 0 Å². The lowest BCUT2D eigenvalue weighted by atomic mass is 9.92. The number of benzene rings is 4. The molecule has 6 rings (SSSR count). The standard InChI is InChI=1S/C38H38F3N3O3/c1-2-3-22-44(25-38(39,40)41)37(46)35-30-15-8-7-14-28(30)29-17-11-18-32(34(29)35)43-23-20-26(21-24-43)42-36(45)31-16-9-10-19-33(31)47-27-12-5-4-6-13-27/h4-19,26,35H,2-3,20-25H2,1H3,(H,42,45). The maximum absolute atomic E-state index is 14.1. The predicted molar refractivity (Wildman–Crippen MR) is 177 cm³/mol. The fourth-order valence-electron chi connectivity index (χ4n) is 6.67. The van der Waals surface area contributed by atoms with Gasteiger partial charge in [-0.2, -0.15) is 13.2 Å². The number of ether oxygens (including phenoxy) is 1. The van der Waals surface area contributed by atoms with Crippen molar-refractivity contribution in [1.82, 2.24) is 10.2 Å². The van der Waals surface area contributed by atoms with Gasteiger partial charge in [-0.15, -0.1) is 0 Å². The van der Waals surface area contributed by atoms with Crippen LogP contribution in [0.5, 0.6) is 11.5 Å². The summed E-state index contributed by atoms with van der Waals surface area (Å²) < 4.78 is 47.0. The van der Waals surface area contributed by atoms with Crippen molar-refractivity contribution in [3.05, 3.63) is 114 Å². The minimum absolute atomic E-state index is 0.0512. The highest BCUT2D eigenvalue weighted by molar-refractivity contribution is 5.99. The first kappa shape index (κ1) is 32.2. The van der Waals surface area contributed by atoms with Crippen molar-refractivity contribution < 1.29 is 27.5 Å². The minimum Gasteiger partial charge on any atom is -0.457 e. The zero-order chi connectivity index (χ0) is 33.0. The maximum atomic E-state index is 14.1. The summed E-state index contributed by atoms with van der Waals surface area (Å²) in [6.07, 6.45) is -1.99. The van der Waals surface area contributed by atoms with Crippen LogP contribution in [-0.2, 0) is 4.79 Å². The van der Waals surface area contributed by atoms with E-state index < -0.39 is 24.5 Å². The first-order valence-electron chi connectivity index (χ1n) is 16.2. The average Bonchev–Trinajstić information content (AvgIpc) is 3.41. The average molecular weight is 642 g/mol. The van der Waals surface area contributed by atoms with E-state index in [-0.39, 0.29) is 18.5 Å². The third-order valence-electron chi connectivity index (χ3n) is 8.92. The van der Waals surface area contributed by atoms with Crippen LogP contribution >= 0.6 is 0 Å². The van der Waals surface area contributed by atoms with E-state index >= 15 is 0 Å². The van der Waals surface area contributed by atoms with Gasteiger partial charge in [0.2, 0.25) is 5.91 Å². The number of amides is 2. The number of piperidine rings is 1. The maximum Gasteiger partial charge on any atom is 0.406 e. The van der Waals surface area contributed by atoms with Crippen LogP contribution in [0, 0.1) is 0 Å². The molecule has 2 aliphatic rings. The molecule has 6 nitrogen and oxygen atoms in total. The number of nitrogens with one attached hydrogen (secondary N) is 1. The second-order valence-electron chi connectivity index (χ2n) is 12.1. The van der Waals surface area contributed by atoms with Crippen LogP contribution in [0.2, 0.25) is 0 Å². The van der Waals surface area contributed by atoms with Crippen LogP contribution in [-0.4, -0.2) is 55.1 Å². The Hall–Kier alpha value is -4.79. The summed E-state index contributed by atoms with van der Waals surface area (Å²) in [5.41, 5.74) is 4.56. The highest BCUT2D eigenvalue weighted by atomic mass is 19.4. The number of nitrogens with zero attached hydrogens (tertiary/aromatic N) is 2. The van der Waals surface area contributed by atoms with Gasteiger partial charge in [0.05, 0.1) is 11.5 Å². The van der Waals surface area contributed by atoms with E-state index in [4.69, 9.17) is 4.74 Å². The Bertz CT molecular complexity index is 1720. The minimum atomic E-state index is -4.50. The van der Waals surface area contributed by atoms with Crippen LogP contribution in [0.3, 0.4) is 0 Å². The Labute approximate surface area is 273 Å². The zero-order valence-electron chi connectivity index (χ0n) is 26.3. The monoisotopic (exact) mass is 641 g/mol. The van der Waals surface area contributed by atoms with Gasteiger partial charge in [-0.3, -0.25) is 9.59 Å². The Morgan fingerprint density at radius 2 is 1.55 bits per heavy atom. The second kappa shape index (κ2) is 13.9. The van der Waals surface area contributed by atoms with Crippen molar-refractivity contribution in [2.75, 3.05) is 31.1 Å². The molecule has 1 aliphatic heterocycles. The molecule has 0 spiro atoms. The van der Waals surface area contributed by atoms with Crippen molar-refractivity contribution in [1.29, 1.82) is 0 Å². The lowest BCUT2D eigenvalue weighted by molar-refractivity contribution is -0.161. The van der Waals surface area contributed by atoms with Gasteiger partial charge < -0.3 is 19.9 Å². The molecule has 1 saturated heterocycles. The van der Waals surface area contributed by atoms with Crippen LogP contribution in [0.15, 0.2) is 97.1 Å². The summed E-state index contributed by atoms with van der Waals surface area (Å²) in [7, 11) is 0. The molecule has 0 saturated carbocycles. The van der Waals surface area contributed by atoms with E-state index in [0.717, 1.165) is 32.8 Å². The molecule has 1 heterocycles. The number of unbranched alkanes of at least 4 members (excludes halogenated alkanes) is 1. The lowest BCUT2D eigenvalue weighted by Gasteiger charge is -2.36. The molecule has 47 heavy (non-hydrogen) atoms. The molecule has 1 atom stereocenters. The van der Waals surface area contributed by atoms with Gasteiger partial charge in [-0.05, 0) is 66.3 Å². The molecular formula is C38H38F3N3O3. The van der Waals surface area contributed by atoms with Gasteiger partial charge in [0.25, 0.3) is 5.91 Å². The zero-order valence-corrected chi connectivity index (χ0v) is 26.3. The van der Waals surface area contributed by atoms with Crippen LogP contribution in [0.25, 0.3) is 11.1 Å². The molecule has 244 valence electrons. The molecule has 1 fully saturated rings. The molecule has 1 N–H and O–H groups in total. The number of carbonyl (C=O) groups is 2. The molecule has 2 amide bonds. The smallest absolute Gasteiger partial charge is 0.406 e. The Morgan fingerprint density at radius 1 is 0.872 bits per heavy atom. The largest absolute Gasteiger partial charge is 0.457 e. The number of hydrogen-bond donors (Lipinski definition) is 1. The van der Waals surface area contributed by atoms with Gasteiger partial charge >= 0.3 is 6.18 Å². The molecular weight excluding hydrogens is 603 g/mol. The van der Waals surface area contributed by atoms with E-state index in [9.17, 15) is 22.8 Å². The number of anilines is 1. The summed E-state index contributed by atoms with van der Waals surface area (Å²) in [6.45, 7) is 1.91. The van der Waals surface area contributed by atoms with E-state index in [1.807, 2.05) is 85.8 Å². The summed E-state index contributed by atoms with van der Waals surface area (Å²) in [5, 5.41) is 3.17. The lowest BCUT2D eigenvalue weighted by Crippen LogP contribution is -2.45. The molecule has 0 radical (unpaired) electrons. The number of fused-ring (bicyclic) bond motifs is 3. The van der Waals surface area contributed by atoms with Gasteiger partial charge in [0, 0.05) is 36.9 Å². The molecule has 1 aliphatic carbocycles. The molecule has 1 unspecified atom stereocenters. The Balaban J connectivity index is 1.20. The van der Waals surface area contributed by atoms with Crippen LogP contribution in [0.1, 0.15) is 60.0 Å². The third kappa shape index (κ3) is 7.14. The Morgan fingerprint density at radius 3 is 2.30 bits per heavy atom. The van der Waals surface area contributed by atoms with E-state index in [0.29, 0.717) is 55.8 Å². The SMILES string of the molecule is CCCCN(CC(F)(F)F)C(=O)C1c2ccccc2-c2cccc(N3CCC(NC(=O)c4ccccc4Oc4ccccc4)CC3)c21. The normalized spacial score (nSPS) is 15.9. The first-order chi connectivity index (χ1) is 22.7. The number of rotatable bonds is 10. The van der Waals surface area contributed by atoms with Gasteiger partial charge in [-0.1, -0.05) is 80.1 Å². The quantitative estimate of drug-likeness (QED) is 0.190. The van der Waals surface area contributed by atoms with Crippen LogP contribution < -0.4 is 15.0 Å². The summed E-state index contributed by atoms with van der Waals surface area (Å²) in [6, 6.07) is 29.8. The van der Waals surface area contributed by atoms with Gasteiger partial charge in [0.15, 0.2) is 0 Å². The van der Waals surface area contributed by atoms with Crippen molar-refractivity contribution in [2.45, 2.75) is 50.7 Å². The molecule has 0 bridgehead atoms. The number of alkyl halides is 3. The molecule has 4 aromatic rings. The highest BCUT2D eigenvalue weighted by Crippen LogP contribution is 2.50. The third-order valence-corrected chi connectivity index (χ3v) is 8.92. The number of carbonyl (C=O) groups excluding carboxylic acids is 2. The first-order valence-corrected chi connectivity index (χ1v) is 16.2. The Kier molecular flexibility index (Phi) is 9.52. The summed E-state index contributed by atoms with van der Waals surface area (Å²) in [4.78, 5) is 30.7. The fraction of sp³-hybridized carbons (Fsp3) is 0.316. The van der Waals surface area contributed by atoms with E-state index in [1.54, 1.807) is 18.2 Å². The highest BCUT2D eigenvalue weighted by Gasteiger charge is 2.42. The van der Waals surface area contributed by atoms with Crippen molar-refractivity contribution >= 4 is 17.5 Å². The van der Waals surface area contributed by atoms with Crippen molar-refractivity contribution in [3.63, 3.8) is 0 Å². The second-order valence-corrected chi connectivity index (χ2v) is 12.1. The summed E-state index contributed by atoms with van der Waals surface area (Å²) >= 11 is 0. The molecule has 9 heteroatoms. The van der Waals surface area contributed by atoms with E-state index in [2.05, 4.69) is 10.2 Å². The van der Waals surface area contributed by atoms with Gasteiger partial charge in [0.1, 0.15) is 18.0 Å². The number of hydrogen-bond acceptors (Lipinski definition) is 4. The van der Waals surface area contributed by atoms with Crippen molar-refractivity contribution in [2.24, 2.45) is 0 Å². The number of halogens is 3. The molecule has 0 aromatic heterocycles. The topological polar surface area (TPSA) is 61.9 Å². The van der Waals surface area contributed by atoms with Gasteiger partial charge in [-0.25, -0.2) is 0 Å². The molecule has 4 aromatic carbocycles. The predicted octanol–water partition coefficient (Wildman–Crippen LogP) is 8.18. The van der Waals surface area contributed by atoms with Crippen molar-refractivity contribution in [3.8, 4) is 22.6 Å². The van der Waals surface area contributed by atoms with Crippen LogP contribution in [0.4, 0.5) is 18.9 Å². The fourth-order valence-corrected chi connectivity index (χ4v) is 6.67. The summed E-state index contributed by atoms with van der Waals surface area (Å²) in [5.74, 6) is -0.443.